The largest absolute Gasteiger partial charge is 0.496 e. The number of amides is 1. The summed E-state index contributed by atoms with van der Waals surface area (Å²) < 4.78 is 9.76. The van der Waals surface area contributed by atoms with Crippen molar-refractivity contribution < 1.29 is 19.1 Å². The normalized spacial score (nSPS) is 13.9. The van der Waals surface area contributed by atoms with Gasteiger partial charge in [0.2, 0.25) is 5.91 Å². The van der Waals surface area contributed by atoms with Crippen molar-refractivity contribution >= 4 is 17.6 Å². The second-order valence-corrected chi connectivity index (χ2v) is 4.17. The number of esters is 1. The molecule has 1 aliphatic carbocycles. The van der Waals surface area contributed by atoms with E-state index in [1.165, 1.54) is 14.2 Å². The van der Waals surface area contributed by atoms with Gasteiger partial charge in [-0.3, -0.25) is 4.79 Å². The number of carbonyl (C=O) groups excluding carboxylic acids is 2. The van der Waals surface area contributed by atoms with E-state index in [9.17, 15) is 9.59 Å². The average molecular weight is 249 g/mol. The highest BCUT2D eigenvalue weighted by molar-refractivity contribution is 5.96. The highest BCUT2D eigenvalue weighted by Crippen LogP contribution is 2.31. The summed E-state index contributed by atoms with van der Waals surface area (Å²) in [7, 11) is 2.78. The fourth-order valence-corrected chi connectivity index (χ4v) is 1.64. The Labute approximate surface area is 105 Å². The van der Waals surface area contributed by atoms with E-state index in [0.717, 1.165) is 12.8 Å². The van der Waals surface area contributed by atoms with Crippen molar-refractivity contribution in [3.05, 3.63) is 23.8 Å². The topological polar surface area (TPSA) is 64.6 Å². The molecule has 0 aromatic heterocycles. The van der Waals surface area contributed by atoms with Crippen molar-refractivity contribution in [2.24, 2.45) is 5.92 Å². The second kappa shape index (κ2) is 5.08. The van der Waals surface area contributed by atoms with Crippen LogP contribution in [0.25, 0.3) is 0 Å². The predicted octanol–water partition coefficient (Wildman–Crippen LogP) is 1.83. The van der Waals surface area contributed by atoms with Gasteiger partial charge in [0.25, 0.3) is 0 Å². The lowest BCUT2D eigenvalue weighted by molar-refractivity contribution is -0.117. The van der Waals surface area contributed by atoms with Crippen molar-refractivity contribution in [3.8, 4) is 5.75 Å². The van der Waals surface area contributed by atoms with E-state index >= 15 is 0 Å². The Balaban J connectivity index is 2.18. The van der Waals surface area contributed by atoms with Crippen LogP contribution in [0.15, 0.2) is 18.2 Å². The fourth-order valence-electron chi connectivity index (χ4n) is 1.64. The molecule has 2 rings (SSSR count). The molecule has 0 atom stereocenters. The van der Waals surface area contributed by atoms with E-state index in [-0.39, 0.29) is 11.8 Å². The van der Waals surface area contributed by atoms with Crippen LogP contribution in [0.2, 0.25) is 0 Å². The first-order chi connectivity index (χ1) is 8.65. The summed E-state index contributed by atoms with van der Waals surface area (Å²) in [4.78, 5) is 23.1. The summed E-state index contributed by atoms with van der Waals surface area (Å²) in [6.07, 6.45) is 1.90. The van der Waals surface area contributed by atoms with Gasteiger partial charge in [0, 0.05) is 17.7 Å². The lowest BCUT2D eigenvalue weighted by Crippen LogP contribution is -2.13. The predicted molar refractivity (Wildman–Crippen MR) is 65.7 cm³/mol. The smallest absolute Gasteiger partial charge is 0.341 e. The van der Waals surface area contributed by atoms with Crippen molar-refractivity contribution in [2.45, 2.75) is 12.8 Å². The Kier molecular flexibility index (Phi) is 3.50. The van der Waals surface area contributed by atoms with Crippen LogP contribution >= 0.6 is 0 Å². The van der Waals surface area contributed by atoms with E-state index in [1.807, 2.05) is 0 Å². The maximum atomic E-state index is 11.6. The van der Waals surface area contributed by atoms with Gasteiger partial charge in [-0.15, -0.1) is 0 Å². The SMILES string of the molecule is COC(=O)c1ccc(NC(=O)C2CC2)cc1OC. The molecule has 1 aliphatic rings. The van der Waals surface area contributed by atoms with Gasteiger partial charge in [0.1, 0.15) is 11.3 Å². The first-order valence-corrected chi connectivity index (χ1v) is 5.73. The van der Waals surface area contributed by atoms with Crippen LogP contribution in [-0.2, 0) is 9.53 Å². The van der Waals surface area contributed by atoms with Crippen LogP contribution in [0.1, 0.15) is 23.2 Å². The van der Waals surface area contributed by atoms with E-state index < -0.39 is 5.97 Å². The van der Waals surface area contributed by atoms with Gasteiger partial charge >= 0.3 is 5.97 Å². The Morgan fingerprint density at radius 1 is 1.28 bits per heavy atom. The zero-order valence-electron chi connectivity index (χ0n) is 10.4. The maximum Gasteiger partial charge on any atom is 0.341 e. The Morgan fingerprint density at radius 3 is 2.56 bits per heavy atom. The molecule has 0 saturated heterocycles. The summed E-state index contributed by atoms with van der Waals surface area (Å²) in [5, 5.41) is 2.79. The number of methoxy groups -OCH3 is 2. The molecular formula is C13H15NO4. The summed E-state index contributed by atoms with van der Waals surface area (Å²) in [5.74, 6) is 0.0708. The van der Waals surface area contributed by atoms with Crippen molar-refractivity contribution in [3.63, 3.8) is 0 Å². The van der Waals surface area contributed by atoms with Crippen LogP contribution in [-0.4, -0.2) is 26.1 Å². The number of rotatable bonds is 4. The van der Waals surface area contributed by atoms with Crippen molar-refractivity contribution in [1.82, 2.24) is 0 Å². The third-order valence-corrected chi connectivity index (χ3v) is 2.82. The molecule has 18 heavy (non-hydrogen) atoms. The molecule has 5 nitrogen and oxygen atoms in total. The molecule has 1 fully saturated rings. The van der Waals surface area contributed by atoms with E-state index in [1.54, 1.807) is 18.2 Å². The highest BCUT2D eigenvalue weighted by atomic mass is 16.5. The number of nitrogens with one attached hydrogen (secondary N) is 1. The molecule has 0 spiro atoms. The summed E-state index contributed by atoms with van der Waals surface area (Å²) in [5.41, 5.74) is 0.959. The first-order valence-electron chi connectivity index (χ1n) is 5.73. The van der Waals surface area contributed by atoms with Gasteiger partial charge in [0.05, 0.1) is 14.2 Å². The first kappa shape index (κ1) is 12.4. The number of hydrogen-bond acceptors (Lipinski definition) is 4. The summed E-state index contributed by atoms with van der Waals surface area (Å²) in [6, 6.07) is 4.86. The molecule has 1 aromatic rings. The number of ether oxygens (including phenoxy) is 2. The molecule has 0 aliphatic heterocycles. The number of carbonyl (C=O) groups is 2. The lowest BCUT2D eigenvalue weighted by atomic mass is 10.1. The molecule has 1 N–H and O–H groups in total. The molecule has 1 saturated carbocycles. The molecule has 0 radical (unpaired) electrons. The molecule has 1 aromatic carbocycles. The Morgan fingerprint density at radius 2 is 2.00 bits per heavy atom. The van der Waals surface area contributed by atoms with Gasteiger partial charge in [-0.2, -0.15) is 0 Å². The van der Waals surface area contributed by atoms with E-state index in [4.69, 9.17) is 4.74 Å². The van der Waals surface area contributed by atoms with Gasteiger partial charge < -0.3 is 14.8 Å². The van der Waals surface area contributed by atoms with Crippen LogP contribution in [0.3, 0.4) is 0 Å². The third-order valence-electron chi connectivity index (χ3n) is 2.82. The number of benzene rings is 1. The minimum Gasteiger partial charge on any atom is -0.496 e. The van der Waals surface area contributed by atoms with Crippen molar-refractivity contribution in [1.29, 1.82) is 0 Å². The summed E-state index contributed by atoms with van der Waals surface area (Å²) >= 11 is 0. The van der Waals surface area contributed by atoms with Gasteiger partial charge in [0.15, 0.2) is 0 Å². The fraction of sp³-hybridized carbons (Fsp3) is 0.385. The molecule has 0 bridgehead atoms. The lowest BCUT2D eigenvalue weighted by Gasteiger charge is -2.10. The monoisotopic (exact) mass is 249 g/mol. The standard InChI is InChI=1S/C13H15NO4/c1-17-11-7-9(14-12(15)8-3-4-8)5-6-10(11)13(16)18-2/h5-8H,3-4H2,1-2H3,(H,14,15). The van der Waals surface area contributed by atoms with Crippen molar-refractivity contribution in [2.75, 3.05) is 19.5 Å². The third kappa shape index (κ3) is 2.61. The zero-order valence-corrected chi connectivity index (χ0v) is 10.4. The van der Waals surface area contributed by atoms with E-state index in [2.05, 4.69) is 10.1 Å². The van der Waals surface area contributed by atoms with Gasteiger partial charge in [-0.25, -0.2) is 4.79 Å². The average Bonchev–Trinajstić information content (AvgIpc) is 3.22. The minimum absolute atomic E-state index is 0.0165. The molecule has 0 heterocycles. The molecule has 1 amide bonds. The number of hydrogen-bond donors (Lipinski definition) is 1. The van der Waals surface area contributed by atoms with Crippen LogP contribution < -0.4 is 10.1 Å². The van der Waals surface area contributed by atoms with Crippen LogP contribution in [0.5, 0.6) is 5.75 Å². The number of anilines is 1. The highest BCUT2D eigenvalue weighted by Gasteiger charge is 2.29. The Hall–Kier alpha value is -2.04. The zero-order chi connectivity index (χ0) is 13.1. The quantitative estimate of drug-likeness (QED) is 0.827. The minimum atomic E-state index is -0.466. The molecular weight excluding hydrogens is 234 g/mol. The van der Waals surface area contributed by atoms with Crippen LogP contribution in [0, 0.1) is 5.92 Å². The summed E-state index contributed by atoms with van der Waals surface area (Å²) in [6.45, 7) is 0. The molecule has 5 heteroatoms. The molecule has 96 valence electrons. The van der Waals surface area contributed by atoms with Gasteiger partial charge in [-0.05, 0) is 25.0 Å². The molecule has 0 unspecified atom stereocenters. The van der Waals surface area contributed by atoms with E-state index in [0.29, 0.717) is 17.0 Å². The maximum absolute atomic E-state index is 11.6. The van der Waals surface area contributed by atoms with Gasteiger partial charge in [-0.1, -0.05) is 0 Å². The second-order valence-electron chi connectivity index (χ2n) is 4.17. The Bertz CT molecular complexity index is 480. The van der Waals surface area contributed by atoms with Crippen LogP contribution in [0.4, 0.5) is 5.69 Å².